The van der Waals surface area contributed by atoms with Gasteiger partial charge < -0.3 is 0 Å². The maximum absolute atomic E-state index is 2.76. The first-order chi connectivity index (χ1) is 13.1. The molecule has 0 radical (unpaired) electrons. The number of rotatable bonds is 5. The summed E-state index contributed by atoms with van der Waals surface area (Å²) in [5, 5.41) is 0. The zero-order valence-corrected chi connectivity index (χ0v) is 18.5. The fourth-order valence-corrected chi connectivity index (χ4v) is 9.48. The number of unbranched alkanes of at least 4 members (excludes halogenated alkanes) is 1. The minimum absolute atomic E-state index is 0.718. The van der Waals surface area contributed by atoms with Crippen LogP contribution < -0.4 is 0 Å². The predicted octanol–water partition coefficient (Wildman–Crippen LogP) is 8.40. The largest absolute Gasteiger partial charge is 0.0591 e. The molecule has 0 heteroatoms. The van der Waals surface area contributed by atoms with E-state index in [0.717, 1.165) is 46.3 Å². The first-order valence-corrected chi connectivity index (χ1v) is 13.1. The highest BCUT2D eigenvalue weighted by atomic mass is 14.6. The van der Waals surface area contributed by atoms with Gasteiger partial charge in [0, 0.05) is 0 Å². The van der Waals surface area contributed by atoms with Crippen molar-refractivity contribution in [2.75, 3.05) is 0 Å². The van der Waals surface area contributed by atoms with Crippen LogP contribution in [0, 0.1) is 46.3 Å². The highest BCUT2D eigenvalue weighted by Gasteiger charge is 2.59. The molecule has 0 nitrogen and oxygen atoms in total. The van der Waals surface area contributed by atoms with Gasteiger partial charge in [0.2, 0.25) is 0 Å². The van der Waals surface area contributed by atoms with Crippen LogP contribution in [0.4, 0.5) is 0 Å². The lowest BCUT2D eigenvalue weighted by molar-refractivity contribution is -0.111. The molecule has 5 aliphatic rings. The SMILES string of the molecule is CC12CCCCC1CCC1C2CCC2(C)C(CCCCC3CCC3)CCC12. The average molecular weight is 371 g/mol. The maximum atomic E-state index is 2.76. The van der Waals surface area contributed by atoms with Crippen molar-refractivity contribution in [3.05, 3.63) is 0 Å². The summed E-state index contributed by atoms with van der Waals surface area (Å²) in [6, 6.07) is 0. The topological polar surface area (TPSA) is 0 Å². The molecule has 5 saturated carbocycles. The molecule has 0 heterocycles. The van der Waals surface area contributed by atoms with Crippen molar-refractivity contribution in [1.82, 2.24) is 0 Å². The quantitative estimate of drug-likeness (QED) is 0.426. The van der Waals surface area contributed by atoms with E-state index in [1.54, 1.807) is 77.0 Å². The fraction of sp³-hybridized carbons (Fsp3) is 1.00. The summed E-state index contributed by atoms with van der Waals surface area (Å²) in [4.78, 5) is 0. The summed E-state index contributed by atoms with van der Waals surface area (Å²) >= 11 is 0. The normalized spacial score (nSPS) is 49.8. The zero-order chi connectivity index (χ0) is 18.5. The van der Waals surface area contributed by atoms with E-state index >= 15 is 0 Å². The van der Waals surface area contributed by atoms with Crippen LogP contribution in [-0.4, -0.2) is 0 Å². The van der Waals surface area contributed by atoms with Gasteiger partial charge in [0.05, 0.1) is 0 Å². The number of hydrogen-bond acceptors (Lipinski definition) is 0. The monoisotopic (exact) mass is 370 g/mol. The van der Waals surface area contributed by atoms with Crippen LogP contribution in [0.15, 0.2) is 0 Å². The molecule has 0 N–H and O–H groups in total. The van der Waals surface area contributed by atoms with Gasteiger partial charge in [-0.05, 0) is 104 Å². The summed E-state index contributed by atoms with van der Waals surface area (Å²) in [6.07, 6.45) is 26.5. The van der Waals surface area contributed by atoms with Crippen molar-refractivity contribution in [3.8, 4) is 0 Å². The fourth-order valence-electron chi connectivity index (χ4n) is 9.48. The van der Waals surface area contributed by atoms with Gasteiger partial charge in [-0.2, -0.15) is 0 Å². The Morgan fingerprint density at radius 1 is 0.630 bits per heavy atom. The third-order valence-corrected chi connectivity index (χ3v) is 11.4. The Morgan fingerprint density at radius 3 is 2.26 bits per heavy atom. The van der Waals surface area contributed by atoms with Gasteiger partial charge in [-0.25, -0.2) is 0 Å². The second-order valence-corrected chi connectivity index (χ2v) is 12.3. The van der Waals surface area contributed by atoms with E-state index in [0.29, 0.717) is 0 Å². The van der Waals surface area contributed by atoms with Gasteiger partial charge in [0.1, 0.15) is 0 Å². The van der Waals surface area contributed by atoms with Crippen LogP contribution >= 0.6 is 0 Å². The van der Waals surface area contributed by atoms with Crippen molar-refractivity contribution in [1.29, 1.82) is 0 Å². The van der Waals surface area contributed by atoms with Gasteiger partial charge in [-0.3, -0.25) is 0 Å². The Balaban J connectivity index is 1.22. The second kappa shape index (κ2) is 7.36. The van der Waals surface area contributed by atoms with Gasteiger partial charge in [0.25, 0.3) is 0 Å². The first-order valence-electron chi connectivity index (χ1n) is 13.1. The average Bonchev–Trinajstić information content (AvgIpc) is 2.96. The minimum Gasteiger partial charge on any atom is -0.0591 e. The highest BCUT2D eigenvalue weighted by Crippen LogP contribution is 2.67. The molecule has 0 saturated heterocycles. The van der Waals surface area contributed by atoms with Crippen LogP contribution in [0.1, 0.15) is 123 Å². The summed E-state index contributed by atoms with van der Waals surface area (Å²) in [6.45, 7) is 5.50. The highest BCUT2D eigenvalue weighted by molar-refractivity contribution is 5.08. The van der Waals surface area contributed by atoms with Crippen molar-refractivity contribution in [3.63, 3.8) is 0 Å². The number of hydrogen-bond donors (Lipinski definition) is 0. The lowest BCUT2D eigenvalue weighted by atomic mass is 9.45. The maximum Gasteiger partial charge on any atom is -0.0266 e. The molecular formula is C27H46. The molecule has 0 amide bonds. The van der Waals surface area contributed by atoms with E-state index in [1.165, 1.54) is 32.1 Å². The van der Waals surface area contributed by atoms with E-state index in [9.17, 15) is 0 Å². The number of fused-ring (bicyclic) bond motifs is 5. The van der Waals surface area contributed by atoms with Crippen molar-refractivity contribution in [2.45, 2.75) is 123 Å². The Labute approximate surface area is 169 Å². The molecule has 27 heavy (non-hydrogen) atoms. The molecule has 5 rings (SSSR count). The third kappa shape index (κ3) is 3.15. The Morgan fingerprint density at radius 2 is 1.44 bits per heavy atom. The molecule has 7 atom stereocenters. The lowest BCUT2D eigenvalue weighted by Crippen LogP contribution is -2.52. The lowest BCUT2D eigenvalue weighted by Gasteiger charge is -2.60. The van der Waals surface area contributed by atoms with Gasteiger partial charge in [-0.1, -0.05) is 65.2 Å². The van der Waals surface area contributed by atoms with Gasteiger partial charge >= 0.3 is 0 Å². The van der Waals surface area contributed by atoms with Crippen LogP contribution in [0.3, 0.4) is 0 Å². The first kappa shape index (κ1) is 19.0. The van der Waals surface area contributed by atoms with Gasteiger partial charge in [-0.15, -0.1) is 0 Å². The molecule has 0 bridgehead atoms. The molecule has 0 aromatic heterocycles. The predicted molar refractivity (Wildman–Crippen MR) is 116 cm³/mol. The second-order valence-electron chi connectivity index (χ2n) is 12.3. The van der Waals surface area contributed by atoms with E-state index in [2.05, 4.69) is 13.8 Å². The van der Waals surface area contributed by atoms with Crippen LogP contribution in [-0.2, 0) is 0 Å². The summed E-state index contributed by atoms with van der Waals surface area (Å²) in [7, 11) is 0. The minimum atomic E-state index is 0.718. The summed E-state index contributed by atoms with van der Waals surface area (Å²) in [5.41, 5.74) is 1.44. The molecule has 0 aromatic carbocycles. The van der Waals surface area contributed by atoms with Crippen molar-refractivity contribution in [2.24, 2.45) is 46.3 Å². The smallest absolute Gasteiger partial charge is 0.0266 e. The molecule has 154 valence electrons. The van der Waals surface area contributed by atoms with E-state index < -0.39 is 0 Å². The Hall–Kier alpha value is 0. The molecule has 5 fully saturated rings. The van der Waals surface area contributed by atoms with Crippen LogP contribution in [0.25, 0.3) is 0 Å². The third-order valence-electron chi connectivity index (χ3n) is 11.4. The Kier molecular flexibility index (Phi) is 5.17. The van der Waals surface area contributed by atoms with Gasteiger partial charge in [0.15, 0.2) is 0 Å². The van der Waals surface area contributed by atoms with E-state index in [1.807, 2.05) is 0 Å². The molecule has 0 aromatic rings. The van der Waals surface area contributed by atoms with E-state index in [-0.39, 0.29) is 0 Å². The Bertz CT molecular complexity index is 518. The van der Waals surface area contributed by atoms with Crippen molar-refractivity contribution >= 4 is 0 Å². The van der Waals surface area contributed by atoms with Crippen LogP contribution in [0.5, 0.6) is 0 Å². The summed E-state index contributed by atoms with van der Waals surface area (Å²) in [5.74, 6) is 6.56. The molecule has 0 spiro atoms. The van der Waals surface area contributed by atoms with Crippen LogP contribution in [0.2, 0.25) is 0 Å². The molecule has 7 unspecified atom stereocenters. The van der Waals surface area contributed by atoms with Crippen molar-refractivity contribution < 1.29 is 0 Å². The zero-order valence-electron chi connectivity index (χ0n) is 18.5. The molecule has 5 aliphatic carbocycles. The van der Waals surface area contributed by atoms with E-state index in [4.69, 9.17) is 0 Å². The standard InChI is InChI=1S/C27H46/c1-26-18-6-5-12-21(26)13-15-23-24-16-14-22(27(24,2)19-17-25(23)26)11-4-3-8-20-9-7-10-20/h20-25H,3-19H2,1-2H3. The molecular weight excluding hydrogens is 324 g/mol. The molecule has 0 aliphatic heterocycles. The summed E-state index contributed by atoms with van der Waals surface area (Å²) < 4.78 is 0.